The highest BCUT2D eigenvalue weighted by Crippen LogP contribution is 2.27. The van der Waals surface area contributed by atoms with Crippen LogP contribution in [0.5, 0.6) is 0 Å². The van der Waals surface area contributed by atoms with E-state index in [0.29, 0.717) is 29.6 Å². The highest BCUT2D eigenvalue weighted by Gasteiger charge is 2.22. The normalized spacial score (nSPS) is 19.1. The molecule has 1 aliphatic rings. The van der Waals surface area contributed by atoms with Crippen molar-refractivity contribution in [1.29, 1.82) is 0 Å². The maximum Gasteiger partial charge on any atom is 0.185 e. The maximum absolute atomic E-state index is 13.1. The van der Waals surface area contributed by atoms with E-state index in [1.165, 1.54) is 6.07 Å². The van der Waals surface area contributed by atoms with Gasteiger partial charge in [0.15, 0.2) is 17.4 Å². The van der Waals surface area contributed by atoms with Crippen LogP contribution in [0.1, 0.15) is 18.4 Å². The van der Waals surface area contributed by atoms with E-state index in [1.807, 2.05) is 0 Å². The molecule has 1 aliphatic carbocycles. The molecular formula is C16H16F2N2O. The van der Waals surface area contributed by atoms with Crippen molar-refractivity contribution in [1.82, 2.24) is 5.01 Å². The van der Waals surface area contributed by atoms with Crippen LogP contribution in [-0.4, -0.2) is 31.1 Å². The molecule has 0 radical (unpaired) electrons. The van der Waals surface area contributed by atoms with Gasteiger partial charge < -0.3 is 5.01 Å². The predicted molar refractivity (Wildman–Crippen MR) is 78.8 cm³/mol. The Morgan fingerprint density at radius 3 is 2.52 bits per heavy atom. The highest BCUT2D eigenvalue weighted by atomic mass is 19.2. The topological polar surface area (TPSA) is 32.7 Å². The van der Waals surface area contributed by atoms with Crippen LogP contribution < -0.4 is 0 Å². The van der Waals surface area contributed by atoms with Crippen molar-refractivity contribution in [3.05, 3.63) is 52.6 Å². The number of halogens is 2. The molecule has 0 amide bonds. The van der Waals surface area contributed by atoms with Gasteiger partial charge in [0.2, 0.25) is 0 Å². The van der Waals surface area contributed by atoms with E-state index in [1.54, 1.807) is 37.5 Å². The van der Waals surface area contributed by atoms with Crippen molar-refractivity contribution >= 4 is 18.1 Å². The largest absolute Gasteiger partial charge is 0.303 e. The number of allylic oxidation sites excluding steroid dienone is 3. The second-order valence-electron chi connectivity index (χ2n) is 4.98. The molecule has 0 spiro atoms. The summed E-state index contributed by atoms with van der Waals surface area (Å²) in [5.74, 6) is -1.87. The van der Waals surface area contributed by atoms with Gasteiger partial charge in [-0.2, -0.15) is 5.10 Å². The minimum atomic E-state index is -0.913. The van der Waals surface area contributed by atoms with Gasteiger partial charge in [-0.25, -0.2) is 8.78 Å². The standard InChI is InChI=1S/C16H16F2N2O/c1-20(2)19-8-7-12-4-5-13(16(12)21)9-11-3-6-14(17)15(18)10-11/h3,6-10H,4-5H2,1-2H3/b12-7+,13-9+,19-8-. The number of nitrogens with zero attached hydrogens (tertiary/aromatic N) is 2. The number of ketones is 1. The third kappa shape index (κ3) is 3.84. The molecule has 5 heteroatoms. The highest BCUT2D eigenvalue weighted by molar-refractivity contribution is 6.14. The number of benzene rings is 1. The molecule has 0 aliphatic heterocycles. The van der Waals surface area contributed by atoms with Gasteiger partial charge in [-0.3, -0.25) is 4.79 Å². The maximum atomic E-state index is 13.1. The number of carbonyl (C=O) groups is 1. The van der Waals surface area contributed by atoms with Crippen LogP contribution in [0.25, 0.3) is 6.08 Å². The van der Waals surface area contributed by atoms with Gasteiger partial charge in [-0.15, -0.1) is 0 Å². The minimum absolute atomic E-state index is 0.0649. The fourth-order valence-electron chi connectivity index (χ4n) is 2.06. The molecule has 110 valence electrons. The third-order valence-electron chi connectivity index (χ3n) is 3.10. The summed E-state index contributed by atoms with van der Waals surface area (Å²) in [6.45, 7) is 0. The Balaban J connectivity index is 2.17. The molecular weight excluding hydrogens is 274 g/mol. The number of Topliss-reactive ketones (excluding diaryl/α,β-unsaturated/α-hetero) is 1. The first-order valence-electron chi connectivity index (χ1n) is 6.58. The van der Waals surface area contributed by atoms with E-state index in [0.717, 1.165) is 12.1 Å². The lowest BCUT2D eigenvalue weighted by atomic mass is 10.1. The van der Waals surface area contributed by atoms with Crippen LogP contribution in [0.2, 0.25) is 0 Å². The molecule has 0 atom stereocenters. The smallest absolute Gasteiger partial charge is 0.185 e. The second kappa shape index (κ2) is 6.43. The lowest BCUT2D eigenvalue weighted by Crippen LogP contribution is -2.01. The number of rotatable bonds is 3. The number of hydrazone groups is 1. The fraction of sp³-hybridized carbons (Fsp3) is 0.250. The number of hydrogen-bond acceptors (Lipinski definition) is 3. The molecule has 3 nitrogen and oxygen atoms in total. The SMILES string of the molecule is CN(C)/N=C\C=C1/CC/C(=C\c2ccc(F)c(F)c2)C1=O. The first-order chi connectivity index (χ1) is 9.97. The van der Waals surface area contributed by atoms with E-state index in [2.05, 4.69) is 5.10 Å². The van der Waals surface area contributed by atoms with Crippen molar-refractivity contribution in [3.63, 3.8) is 0 Å². The molecule has 0 saturated heterocycles. The van der Waals surface area contributed by atoms with Crippen LogP contribution in [0.15, 0.2) is 40.5 Å². The lowest BCUT2D eigenvalue weighted by molar-refractivity contribution is -0.111. The van der Waals surface area contributed by atoms with Crippen molar-refractivity contribution < 1.29 is 13.6 Å². The molecule has 1 aromatic carbocycles. The Kier molecular flexibility index (Phi) is 4.62. The molecule has 1 saturated carbocycles. The molecule has 0 bridgehead atoms. The minimum Gasteiger partial charge on any atom is -0.303 e. The van der Waals surface area contributed by atoms with E-state index in [-0.39, 0.29) is 5.78 Å². The molecule has 21 heavy (non-hydrogen) atoms. The Labute approximate surface area is 122 Å². The van der Waals surface area contributed by atoms with Crippen LogP contribution in [0, 0.1) is 11.6 Å². The fourth-order valence-corrected chi connectivity index (χ4v) is 2.06. The van der Waals surface area contributed by atoms with Crippen molar-refractivity contribution in [3.8, 4) is 0 Å². The monoisotopic (exact) mass is 290 g/mol. The summed E-state index contributed by atoms with van der Waals surface area (Å²) in [6, 6.07) is 3.60. The van der Waals surface area contributed by atoms with Gasteiger partial charge in [0.1, 0.15) is 0 Å². The van der Waals surface area contributed by atoms with Crippen LogP contribution >= 0.6 is 0 Å². The molecule has 2 rings (SSSR count). The average molecular weight is 290 g/mol. The van der Waals surface area contributed by atoms with Crippen molar-refractivity contribution in [2.75, 3.05) is 14.1 Å². The summed E-state index contributed by atoms with van der Waals surface area (Å²) >= 11 is 0. The summed E-state index contributed by atoms with van der Waals surface area (Å²) in [4.78, 5) is 12.2. The summed E-state index contributed by atoms with van der Waals surface area (Å²) in [5, 5.41) is 5.66. The van der Waals surface area contributed by atoms with Gasteiger partial charge in [0.05, 0.1) is 0 Å². The third-order valence-corrected chi connectivity index (χ3v) is 3.10. The summed E-state index contributed by atoms with van der Waals surface area (Å²) < 4.78 is 26.0. The van der Waals surface area contributed by atoms with Crippen molar-refractivity contribution in [2.24, 2.45) is 5.10 Å². The number of hydrogen-bond donors (Lipinski definition) is 0. The first kappa shape index (κ1) is 15.1. The Bertz CT molecular complexity index is 646. The summed E-state index contributed by atoms with van der Waals surface area (Å²) in [7, 11) is 3.58. The van der Waals surface area contributed by atoms with Crippen LogP contribution in [0.4, 0.5) is 8.78 Å². The Morgan fingerprint density at radius 1 is 1.14 bits per heavy atom. The van der Waals surface area contributed by atoms with Gasteiger partial charge >= 0.3 is 0 Å². The summed E-state index contributed by atoms with van der Waals surface area (Å²) in [5.41, 5.74) is 1.76. The zero-order chi connectivity index (χ0) is 15.4. The van der Waals surface area contributed by atoms with Crippen LogP contribution in [0.3, 0.4) is 0 Å². The second-order valence-corrected chi connectivity index (χ2v) is 4.98. The molecule has 1 fully saturated rings. The van der Waals surface area contributed by atoms with Gasteiger partial charge in [0, 0.05) is 31.5 Å². The van der Waals surface area contributed by atoms with E-state index in [4.69, 9.17) is 0 Å². The number of carbonyl (C=O) groups excluding carboxylic acids is 1. The quantitative estimate of drug-likeness (QED) is 0.486. The van der Waals surface area contributed by atoms with Gasteiger partial charge in [-0.1, -0.05) is 6.07 Å². The molecule has 0 aromatic heterocycles. The average Bonchev–Trinajstić information content (AvgIpc) is 2.75. The Morgan fingerprint density at radius 2 is 1.86 bits per heavy atom. The molecule has 1 aromatic rings. The van der Waals surface area contributed by atoms with E-state index in [9.17, 15) is 13.6 Å². The molecule has 0 N–H and O–H groups in total. The summed E-state index contributed by atoms with van der Waals surface area (Å²) in [6.07, 6.45) is 6.10. The zero-order valence-electron chi connectivity index (χ0n) is 11.9. The van der Waals surface area contributed by atoms with Gasteiger partial charge in [-0.05, 0) is 42.7 Å². The van der Waals surface area contributed by atoms with Gasteiger partial charge in [0.25, 0.3) is 0 Å². The lowest BCUT2D eigenvalue weighted by Gasteiger charge is -2.00. The first-order valence-corrected chi connectivity index (χ1v) is 6.58. The zero-order valence-corrected chi connectivity index (χ0v) is 11.9. The molecule has 0 heterocycles. The Hall–Kier alpha value is -2.30. The van der Waals surface area contributed by atoms with E-state index < -0.39 is 11.6 Å². The predicted octanol–water partition coefficient (Wildman–Crippen LogP) is 3.18. The van der Waals surface area contributed by atoms with Crippen molar-refractivity contribution in [2.45, 2.75) is 12.8 Å². The molecule has 0 unspecified atom stereocenters. The van der Waals surface area contributed by atoms with E-state index >= 15 is 0 Å². The van der Waals surface area contributed by atoms with Crippen LogP contribution in [-0.2, 0) is 4.79 Å².